The van der Waals surface area contributed by atoms with Crippen molar-refractivity contribution in [3.63, 3.8) is 0 Å². The van der Waals surface area contributed by atoms with Gasteiger partial charge in [0.1, 0.15) is 0 Å². The Morgan fingerprint density at radius 1 is 0.500 bits per heavy atom. The van der Waals surface area contributed by atoms with Gasteiger partial charge >= 0.3 is 0 Å². The normalized spacial score (nSPS) is 15.8. The molecule has 2 nitrogen and oxygen atoms in total. The van der Waals surface area contributed by atoms with Crippen LogP contribution in [0.3, 0.4) is 0 Å². The molecule has 0 radical (unpaired) electrons. The number of aromatic nitrogens is 2. The van der Waals surface area contributed by atoms with Crippen LogP contribution < -0.4 is 0 Å². The minimum Gasteiger partial charge on any atom is -0.340 e. The highest BCUT2D eigenvalue weighted by atomic mass is 32.2. The van der Waals surface area contributed by atoms with Crippen molar-refractivity contribution in [3.8, 4) is 0 Å². The Bertz CT molecular complexity index is 3520. The first kappa shape index (κ1) is 41.9. The van der Waals surface area contributed by atoms with Gasteiger partial charge in [-0.3, -0.25) is 0 Å². The van der Waals surface area contributed by atoms with E-state index >= 15 is 0 Å². The zero-order valence-electron chi connectivity index (χ0n) is 38.6. The van der Waals surface area contributed by atoms with Gasteiger partial charge in [-0.1, -0.05) is 187 Å². The fourth-order valence-electron chi connectivity index (χ4n) is 11.9. The molecule has 1 aliphatic carbocycles. The highest BCUT2D eigenvalue weighted by Crippen LogP contribution is 2.59. The maximum Gasteiger partial charge on any atom is 0.0577 e. The van der Waals surface area contributed by atoms with E-state index in [-0.39, 0.29) is 0 Å². The van der Waals surface area contributed by atoms with Gasteiger partial charge in [0.2, 0.25) is 0 Å². The fourth-order valence-corrected chi connectivity index (χ4v) is 14.6. The van der Waals surface area contributed by atoms with Crippen molar-refractivity contribution < 1.29 is 0 Å². The molecule has 330 valence electrons. The summed E-state index contributed by atoms with van der Waals surface area (Å²) in [6.45, 7) is 6.70. The molecule has 4 heteroatoms. The van der Waals surface area contributed by atoms with Crippen molar-refractivity contribution in [1.82, 2.24) is 9.13 Å². The summed E-state index contributed by atoms with van der Waals surface area (Å²) in [6, 6.07) is 46.6. The van der Waals surface area contributed by atoms with E-state index in [9.17, 15) is 0 Å². The monoisotopic (exact) mass is 896 g/mol. The summed E-state index contributed by atoms with van der Waals surface area (Å²) in [5.74, 6) is 0.381. The van der Waals surface area contributed by atoms with Gasteiger partial charge in [-0.2, -0.15) is 0 Å². The lowest BCUT2D eigenvalue weighted by Gasteiger charge is -2.26. The maximum absolute atomic E-state index is 2.71. The largest absolute Gasteiger partial charge is 0.340 e. The highest BCUT2D eigenvalue weighted by molar-refractivity contribution is 8.00. The van der Waals surface area contributed by atoms with E-state index in [0.29, 0.717) is 11.2 Å². The van der Waals surface area contributed by atoms with Gasteiger partial charge in [-0.15, -0.1) is 23.1 Å². The number of para-hydroxylation sites is 2. The number of nitrogens with zero attached hydrogens (tertiary/aromatic N) is 2. The number of fused-ring (bicyclic) bond motifs is 18. The van der Waals surface area contributed by atoms with Crippen LogP contribution in [0.5, 0.6) is 0 Å². The molecule has 66 heavy (non-hydrogen) atoms. The number of hydrogen-bond donors (Lipinski definition) is 0. The smallest absolute Gasteiger partial charge is 0.0577 e. The second-order valence-electron chi connectivity index (χ2n) is 19.2. The molecule has 0 spiro atoms. The second kappa shape index (κ2) is 17.9. The molecule has 0 N–H and O–H groups in total. The van der Waals surface area contributed by atoms with Crippen molar-refractivity contribution in [3.05, 3.63) is 155 Å². The van der Waals surface area contributed by atoms with Gasteiger partial charge in [0.05, 0.1) is 11.0 Å². The first-order valence-electron chi connectivity index (χ1n) is 25.2. The molecule has 2 unspecified atom stereocenters. The Labute approximate surface area is 398 Å². The summed E-state index contributed by atoms with van der Waals surface area (Å²) in [7, 11) is 0. The molecule has 0 saturated carbocycles. The van der Waals surface area contributed by atoms with E-state index < -0.39 is 0 Å². The predicted molar refractivity (Wildman–Crippen MR) is 292 cm³/mol. The zero-order valence-corrected chi connectivity index (χ0v) is 40.3. The zero-order chi connectivity index (χ0) is 44.1. The third-order valence-corrected chi connectivity index (χ3v) is 17.7. The Balaban J connectivity index is 1.08. The Morgan fingerprint density at radius 3 is 1.80 bits per heavy atom. The molecule has 0 amide bonds. The molecule has 0 bridgehead atoms. The van der Waals surface area contributed by atoms with Crippen molar-refractivity contribution >= 4 is 116 Å². The number of unbranched alkanes of at least 4 members (excludes halogenated alkanes) is 10. The third-order valence-electron chi connectivity index (χ3n) is 15.1. The SMILES string of the molecule is CCCCCCCCn1c2ccccc2c2c(/C=C/c3cc4c(ccc5c6ccccc6sc54)c4c3c3ccccc3n4CCCCCCCC)cc3c(c21)C=CC1c2ccccc2SC31. The summed E-state index contributed by atoms with van der Waals surface area (Å²) in [4.78, 5) is 1.43. The molecule has 12 rings (SSSR count). The molecule has 0 fully saturated rings. The number of thiophene rings is 1. The van der Waals surface area contributed by atoms with Gasteiger partial charge in [0.25, 0.3) is 0 Å². The fraction of sp³-hybridized carbons (Fsp3) is 0.290. The topological polar surface area (TPSA) is 9.86 Å². The number of thioether (sulfide) groups is 1. The van der Waals surface area contributed by atoms with Crippen LogP contribution in [0.2, 0.25) is 0 Å². The van der Waals surface area contributed by atoms with Crippen LogP contribution in [0.4, 0.5) is 0 Å². The molecule has 4 heterocycles. The second-order valence-corrected chi connectivity index (χ2v) is 21.4. The lowest BCUT2D eigenvalue weighted by Crippen LogP contribution is -2.09. The van der Waals surface area contributed by atoms with E-state index in [1.807, 2.05) is 11.3 Å². The van der Waals surface area contributed by atoms with E-state index in [1.54, 1.807) is 0 Å². The number of allylic oxidation sites excluding steroid dienone is 1. The quantitative estimate of drug-likeness (QED) is 0.0694. The Morgan fingerprint density at radius 2 is 1.08 bits per heavy atom. The third kappa shape index (κ3) is 7.05. The van der Waals surface area contributed by atoms with Crippen LogP contribution >= 0.6 is 23.1 Å². The molecule has 0 saturated heterocycles. The number of rotatable bonds is 16. The van der Waals surface area contributed by atoms with E-state index in [0.717, 1.165) is 13.1 Å². The molecule has 2 aliphatic rings. The molecule has 7 aromatic carbocycles. The number of hydrogen-bond acceptors (Lipinski definition) is 2. The number of aryl methyl sites for hydroxylation is 2. The summed E-state index contributed by atoms with van der Waals surface area (Å²) < 4.78 is 8.15. The van der Waals surface area contributed by atoms with Gasteiger partial charge < -0.3 is 9.13 Å². The van der Waals surface area contributed by atoms with E-state index in [1.165, 1.54) is 184 Å². The van der Waals surface area contributed by atoms with Gasteiger partial charge in [0, 0.05) is 98.2 Å². The average molecular weight is 897 g/mol. The molecule has 3 aromatic heterocycles. The standard InChI is InChI=1S/C62H60N2S2/c1-3-5-7-9-11-21-37-63-53-27-17-13-25-49(53)57-41(39-51-45(59(57)63)33-35-47-43-23-15-19-29-55(43)65-61(47)51)31-32-42-40-52-46(34-36-48-44-24-16-20-30-56(44)66-62(48)52)60-58(42)50-26-14-18-28-54(50)64(60)38-22-12-10-8-6-4-2/h13-20,23-36,39-40,47,61H,3-12,21-22,37-38H2,1-2H3/b32-31+. The van der Waals surface area contributed by atoms with Crippen LogP contribution in [0.25, 0.3) is 92.8 Å². The molecule has 1 aliphatic heterocycles. The highest BCUT2D eigenvalue weighted by Gasteiger charge is 2.37. The summed E-state index contributed by atoms with van der Waals surface area (Å²) in [5.41, 5.74) is 12.5. The lowest BCUT2D eigenvalue weighted by molar-refractivity contribution is 0.571. The van der Waals surface area contributed by atoms with Crippen LogP contribution in [-0.4, -0.2) is 9.13 Å². The van der Waals surface area contributed by atoms with Crippen molar-refractivity contribution in [2.24, 2.45) is 0 Å². The Kier molecular flexibility index (Phi) is 11.4. The predicted octanol–water partition coefficient (Wildman–Crippen LogP) is 19.3. The molecule has 10 aromatic rings. The van der Waals surface area contributed by atoms with E-state index in [4.69, 9.17) is 0 Å². The summed E-state index contributed by atoms with van der Waals surface area (Å²) in [5, 5.41) is 11.3. The summed E-state index contributed by atoms with van der Waals surface area (Å²) in [6.07, 6.45) is 25.5. The van der Waals surface area contributed by atoms with Crippen molar-refractivity contribution in [2.75, 3.05) is 0 Å². The Hall–Kier alpha value is -5.55. The first-order valence-corrected chi connectivity index (χ1v) is 26.9. The van der Waals surface area contributed by atoms with Crippen LogP contribution in [0, 0.1) is 0 Å². The average Bonchev–Trinajstić information content (AvgIpc) is 4.11. The molecular formula is C62H60N2S2. The minimum absolute atomic E-state index is 0.355. The molecular weight excluding hydrogens is 837 g/mol. The van der Waals surface area contributed by atoms with Crippen molar-refractivity contribution in [2.45, 2.75) is 120 Å². The van der Waals surface area contributed by atoms with Gasteiger partial charge in [-0.05, 0) is 71.5 Å². The first-order chi connectivity index (χ1) is 32.7. The van der Waals surface area contributed by atoms with Gasteiger partial charge in [-0.25, -0.2) is 0 Å². The summed E-state index contributed by atoms with van der Waals surface area (Å²) >= 11 is 4.03. The minimum atomic E-state index is 0.355. The van der Waals surface area contributed by atoms with Crippen LogP contribution in [-0.2, 0) is 13.1 Å². The maximum atomic E-state index is 2.71. The van der Waals surface area contributed by atoms with Crippen molar-refractivity contribution in [1.29, 1.82) is 0 Å². The van der Waals surface area contributed by atoms with E-state index in [2.05, 4.69) is 180 Å². The van der Waals surface area contributed by atoms with Crippen LogP contribution in [0.1, 0.15) is 130 Å². The van der Waals surface area contributed by atoms with Crippen LogP contribution in [0.15, 0.2) is 132 Å². The van der Waals surface area contributed by atoms with Gasteiger partial charge in [0.15, 0.2) is 0 Å². The lowest BCUT2D eigenvalue weighted by atomic mass is 9.83. The molecule has 2 atom stereocenters. The number of benzene rings is 7.